The lowest BCUT2D eigenvalue weighted by atomic mass is 10.0. The van der Waals surface area contributed by atoms with Crippen molar-refractivity contribution >= 4 is 23.3 Å². The Labute approximate surface area is 261 Å². The van der Waals surface area contributed by atoms with E-state index in [9.17, 15) is 9.59 Å². The lowest BCUT2D eigenvalue weighted by Gasteiger charge is -2.32. The van der Waals surface area contributed by atoms with Gasteiger partial charge in [0.05, 0.1) is 0 Å². The Morgan fingerprint density at radius 1 is 0.864 bits per heavy atom. The van der Waals surface area contributed by atoms with E-state index in [1.165, 1.54) is 19.4 Å². The van der Waals surface area contributed by atoms with E-state index in [0.29, 0.717) is 5.56 Å². The molecule has 0 spiro atoms. The van der Waals surface area contributed by atoms with Crippen LogP contribution >= 0.6 is 0 Å². The van der Waals surface area contributed by atoms with Gasteiger partial charge >= 0.3 is 6.03 Å². The van der Waals surface area contributed by atoms with Crippen LogP contribution in [0.15, 0.2) is 60.7 Å². The van der Waals surface area contributed by atoms with Crippen LogP contribution in [0.2, 0.25) is 0 Å². The molecule has 8 heteroatoms. The Bertz CT molecular complexity index is 1410. The van der Waals surface area contributed by atoms with Gasteiger partial charge in [-0.2, -0.15) is 0 Å². The first kappa shape index (κ1) is 31.4. The van der Waals surface area contributed by atoms with Gasteiger partial charge in [-0.3, -0.25) is 4.79 Å². The Morgan fingerprint density at radius 2 is 1.48 bits per heavy atom. The molecule has 0 saturated carbocycles. The van der Waals surface area contributed by atoms with Crippen molar-refractivity contribution < 1.29 is 19.1 Å². The molecule has 3 aromatic rings. The molecule has 0 atom stereocenters. The number of likely N-dealkylation sites (tertiary alicyclic amines) is 1. The molecular formula is C36H46N4O4. The third-order valence-electron chi connectivity index (χ3n) is 8.62. The van der Waals surface area contributed by atoms with Crippen LogP contribution in [-0.4, -0.2) is 48.6 Å². The Hall–Kier alpha value is -4.04. The van der Waals surface area contributed by atoms with Gasteiger partial charge < -0.3 is 30.3 Å². The number of carbonyl (C=O) groups excluding carboxylic acids is 2. The van der Waals surface area contributed by atoms with Crippen LogP contribution < -0.4 is 25.4 Å². The van der Waals surface area contributed by atoms with Crippen LogP contribution in [0.25, 0.3) is 0 Å². The topological polar surface area (TPSA) is 91.9 Å². The molecule has 8 nitrogen and oxygen atoms in total. The number of ether oxygens (including phenoxy) is 2. The summed E-state index contributed by atoms with van der Waals surface area (Å²) in [5, 5.41) is 8.99. The summed E-state index contributed by atoms with van der Waals surface area (Å²) in [6.45, 7) is 9.70. The summed E-state index contributed by atoms with van der Waals surface area (Å²) in [5.41, 5.74) is 4.08. The van der Waals surface area contributed by atoms with Gasteiger partial charge in [0.25, 0.3) is 5.91 Å². The first-order valence-electron chi connectivity index (χ1n) is 16.3. The second kappa shape index (κ2) is 15.1. The predicted molar refractivity (Wildman–Crippen MR) is 176 cm³/mol. The summed E-state index contributed by atoms with van der Waals surface area (Å²) in [6, 6.07) is 18.9. The van der Waals surface area contributed by atoms with Crippen molar-refractivity contribution in [3.05, 3.63) is 77.4 Å². The van der Waals surface area contributed by atoms with Gasteiger partial charge in [0.2, 0.25) is 0 Å². The molecule has 2 aliphatic rings. The number of nitrogens with one attached hydrogen (secondary N) is 3. The molecule has 0 aliphatic carbocycles. The number of hydrogen-bond acceptors (Lipinski definition) is 5. The quantitative estimate of drug-likeness (QED) is 0.210. The van der Waals surface area contributed by atoms with Crippen LogP contribution in [0, 0.1) is 0 Å². The summed E-state index contributed by atoms with van der Waals surface area (Å²) in [6.07, 6.45) is 8.06. The monoisotopic (exact) mass is 598 g/mol. The molecule has 3 amide bonds. The summed E-state index contributed by atoms with van der Waals surface area (Å²) in [4.78, 5) is 28.0. The molecule has 0 aromatic heterocycles. The van der Waals surface area contributed by atoms with Crippen molar-refractivity contribution in [3.8, 4) is 17.2 Å². The van der Waals surface area contributed by atoms with E-state index in [1.807, 2.05) is 60.7 Å². The number of anilines is 2. The fourth-order valence-corrected chi connectivity index (χ4v) is 5.85. The van der Waals surface area contributed by atoms with Crippen LogP contribution in [0.1, 0.15) is 80.8 Å². The molecule has 1 saturated heterocycles. The molecular weight excluding hydrogens is 552 g/mol. The molecule has 2 aliphatic heterocycles. The highest BCUT2D eigenvalue weighted by Gasteiger charge is 2.21. The van der Waals surface area contributed by atoms with Crippen LogP contribution in [-0.2, 0) is 12.8 Å². The number of amides is 3. The van der Waals surface area contributed by atoms with Gasteiger partial charge in [-0.15, -0.1) is 0 Å². The minimum atomic E-state index is -0.197. The van der Waals surface area contributed by atoms with E-state index in [0.717, 1.165) is 91.4 Å². The van der Waals surface area contributed by atoms with Crippen LogP contribution in [0.5, 0.6) is 17.2 Å². The van der Waals surface area contributed by atoms with Gasteiger partial charge in [0.1, 0.15) is 23.4 Å². The smallest absolute Gasteiger partial charge is 0.319 e. The lowest BCUT2D eigenvalue weighted by Crippen LogP contribution is -2.38. The third-order valence-corrected chi connectivity index (χ3v) is 8.62. The Morgan fingerprint density at radius 3 is 2.07 bits per heavy atom. The van der Waals surface area contributed by atoms with Crippen molar-refractivity contribution in [3.63, 3.8) is 0 Å². The summed E-state index contributed by atoms with van der Waals surface area (Å²) >= 11 is 0. The largest absolute Gasteiger partial charge is 0.490 e. The van der Waals surface area contributed by atoms with Gasteiger partial charge in [-0.1, -0.05) is 27.2 Å². The zero-order chi connectivity index (χ0) is 30.9. The Kier molecular flexibility index (Phi) is 10.8. The maximum atomic E-state index is 13.1. The molecule has 3 N–H and O–H groups in total. The average Bonchev–Trinajstić information content (AvgIpc) is 3.22. The van der Waals surface area contributed by atoms with Crippen molar-refractivity contribution in [1.29, 1.82) is 0 Å². The second-order valence-electron chi connectivity index (χ2n) is 11.8. The molecule has 0 unspecified atom stereocenters. The standard InChI is InChI=1S/C36H46N4O4/c1-4-7-20-40-21-18-32(19-22-40)43-31-14-10-25(11-15-31)35(41)37-29-12-16-33-26(23-29)8-9-27-24-30(13-17-34(27)44-33)39-36(42)38-28(5-2)6-3/h10-17,23-24,28,32H,4-9,18-22H2,1-3H3,(H,37,41)(H2,38,39,42). The van der Waals surface area contributed by atoms with Crippen molar-refractivity contribution in [2.75, 3.05) is 30.3 Å². The van der Waals surface area contributed by atoms with E-state index in [-0.39, 0.29) is 24.1 Å². The molecule has 2 heterocycles. The number of benzene rings is 3. The summed E-state index contributed by atoms with van der Waals surface area (Å²) in [5.74, 6) is 2.18. The number of hydrogen-bond donors (Lipinski definition) is 3. The molecule has 1 fully saturated rings. The predicted octanol–water partition coefficient (Wildman–Crippen LogP) is 7.78. The molecule has 234 valence electrons. The SMILES string of the molecule is CCCCN1CCC(Oc2ccc(C(=O)Nc3ccc4c(c3)CCc3cc(NC(=O)NC(CC)CC)ccc3O4)cc2)CC1. The maximum Gasteiger partial charge on any atom is 0.319 e. The number of aryl methyl sites for hydroxylation is 2. The number of piperidine rings is 1. The number of urea groups is 1. The summed E-state index contributed by atoms with van der Waals surface area (Å²) < 4.78 is 12.5. The van der Waals surface area contributed by atoms with E-state index >= 15 is 0 Å². The molecule has 44 heavy (non-hydrogen) atoms. The van der Waals surface area contributed by atoms with E-state index < -0.39 is 0 Å². The van der Waals surface area contributed by atoms with Crippen molar-refractivity contribution in [2.45, 2.75) is 84.3 Å². The highest BCUT2D eigenvalue weighted by Crippen LogP contribution is 2.36. The van der Waals surface area contributed by atoms with E-state index in [1.54, 1.807) is 0 Å². The Balaban J connectivity index is 1.14. The third kappa shape index (κ3) is 8.32. The number of fused-ring (bicyclic) bond motifs is 2. The van der Waals surface area contributed by atoms with Gasteiger partial charge in [0, 0.05) is 36.1 Å². The van der Waals surface area contributed by atoms with Crippen LogP contribution in [0.3, 0.4) is 0 Å². The molecule has 5 rings (SSSR count). The first-order chi connectivity index (χ1) is 21.4. The number of carbonyl (C=O) groups is 2. The fourth-order valence-electron chi connectivity index (χ4n) is 5.85. The zero-order valence-corrected chi connectivity index (χ0v) is 26.3. The average molecular weight is 599 g/mol. The highest BCUT2D eigenvalue weighted by atomic mass is 16.5. The number of nitrogens with zero attached hydrogens (tertiary/aromatic N) is 1. The summed E-state index contributed by atoms with van der Waals surface area (Å²) in [7, 11) is 0. The van der Waals surface area contributed by atoms with Crippen molar-refractivity contribution in [1.82, 2.24) is 10.2 Å². The number of rotatable bonds is 11. The zero-order valence-electron chi connectivity index (χ0n) is 26.3. The van der Waals surface area contributed by atoms with Gasteiger partial charge in [-0.05, 0) is 123 Å². The normalized spacial score (nSPS) is 15.0. The first-order valence-corrected chi connectivity index (χ1v) is 16.3. The highest BCUT2D eigenvalue weighted by molar-refractivity contribution is 6.04. The minimum absolute atomic E-state index is 0.157. The lowest BCUT2D eigenvalue weighted by molar-refractivity contribution is 0.0996. The maximum absolute atomic E-state index is 13.1. The van der Waals surface area contributed by atoms with Crippen molar-refractivity contribution in [2.24, 2.45) is 0 Å². The minimum Gasteiger partial charge on any atom is -0.490 e. The van der Waals surface area contributed by atoms with Gasteiger partial charge in [-0.25, -0.2) is 4.79 Å². The van der Waals surface area contributed by atoms with E-state index in [2.05, 4.69) is 41.6 Å². The molecule has 3 aromatic carbocycles. The fraction of sp³-hybridized carbons (Fsp3) is 0.444. The number of unbranched alkanes of at least 4 members (excludes halogenated alkanes) is 1. The van der Waals surface area contributed by atoms with Crippen LogP contribution in [0.4, 0.5) is 16.2 Å². The van der Waals surface area contributed by atoms with E-state index in [4.69, 9.17) is 9.47 Å². The second-order valence-corrected chi connectivity index (χ2v) is 11.8. The van der Waals surface area contributed by atoms with Gasteiger partial charge in [0.15, 0.2) is 0 Å². The molecule has 0 radical (unpaired) electrons. The molecule has 0 bridgehead atoms.